The highest BCUT2D eigenvalue weighted by atomic mass is 79.9. The summed E-state index contributed by atoms with van der Waals surface area (Å²) in [5.74, 6) is 0.870. The first kappa shape index (κ1) is 17.5. The van der Waals surface area contributed by atoms with Gasteiger partial charge in [0.1, 0.15) is 5.75 Å². The van der Waals surface area contributed by atoms with E-state index in [4.69, 9.17) is 14.6 Å². The predicted molar refractivity (Wildman–Crippen MR) is 106 cm³/mol. The van der Waals surface area contributed by atoms with Crippen LogP contribution in [0.2, 0.25) is 0 Å². The molecule has 0 amide bonds. The van der Waals surface area contributed by atoms with Crippen LogP contribution in [-0.4, -0.2) is 48.1 Å². The predicted octanol–water partition coefficient (Wildman–Crippen LogP) is 3.69. The minimum atomic E-state index is 0.736. The second-order valence-electron chi connectivity index (χ2n) is 6.50. The van der Waals surface area contributed by atoms with E-state index in [1.54, 1.807) is 7.11 Å². The van der Waals surface area contributed by atoms with E-state index in [2.05, 4.69) is 55.8 Å². The Morgan fingerprint density at radius 1 is 1.08 bits per heavy atom. The van der Waals surface area contributed by atoms with Gasteiger partial charge in [0, 0.05) is 29.5 Å². The maximum Gasteiger partial charge on any atom is 0.118 e. The Morgan fingerprint density at radius 2 is 1.85 bits per heavy atom. The van der Waals surface area contributed by atoms with E-state index >= 15 is 0 Å². The van der Waals surface area contributed by atoms with Gasteiger partial charge in [0.05, 0.1) is 38.1 Å². The number of nitrogens with zero attached hydrogens (tertiary/aromatic N) is 3. The molecule has 0 atom stereocenters. The average molecular weight is 416 g/mol. The van der Waals surface area contributed by atoms with Crippen LogP contribution in [0.1, 0.15) is 11.3 Å². The molecule has 136 valence electrons. The lowest BCUT2D eigenvalue weighted by Crippen LogP contribution is -2.35. The van der Waals surface area contributed by atoms with E-state index in [0.29, 0.717) is 0 Å². The van der Waals surface area contributed by atoms with E-state index in [0.717, 1.165) is 60.8 Å². The fourth-order valence-corrected chi connectivity index (χ4v) is 3.68. The third-order valence-electron chi connectivity index (χ3n) is 4.76. The number of aromatic nitrogens is 2. The summed E-state index contributed by atoms with van der Waals surface area (Å²) in [4.78, 5) is 2.41. The Morgan fingerprint density at radius 3 is 2.58 bits per heavy atom. The van der Waals surface area contributed by atoms with Gasteiger partial charge in [-0.15, -0.1) is 0 Å². The van der Waals surface area contributed by atoms with E-state index in [1.165, 1.54) is 10.9 Å². The lowest BCUT2D eigenvalue weighted by molar-refractivity contribution is 0.0337. The average Bonchev–Trinajstić information content (AvgIpc) is 2.99. The molecule has 0 N–H and O–H groups in total. The van der Waals surface area contributed by atoms with Crippen molar-refractivity contribution in [3.63, 3.8) is 0 Å². The van der Waals surface area contributed by atoms with E-state index in [9.17, 15) is 0 Å². The van der Waals surface area contributed by atoms with Crippen molar-refractivity contribution in [2.75, 3.05) is 33.4 Å². The molecular formula is C20H22BrN3O2. The summed E-state index contributed by atoms with van der Waals surface area (Å²) in [7, 11) is 1.69. The zero-order chi connectivity index (χ0) is 17.9. The van der Waals surface area contributed by atoms with Crippen LogP contribution in [0, 0.1) is 0 Å². The molecule has 0 spiro atoms. The first-order valence-electron chi connectivity index (χ1n) is 8.81. The number of ether oxygens (including phenoxy) is 2. The lowest BCUT2D eigenvalue weighted by Gasteiger charge is -2.25. The number of methoxy groups -OCH3 is 1. The van der Waals surface area contributed by atoms with Gasteiger partial charge in [0.15, 0.2) is 0 Å². The summed E-state index contributed by atoms with van der Waals surface area (Å²) >= 11 is 3.59. The van der Waals surface area contributed by atoms with Crippen LogP contribution in [0.15, 0.2) is 46.9 Å². The van der Waals surface area contributed by atoms with Crippen LogP contribution in [0.25, 0.3) is 10.9 Å². The fraction of sp³-hybridized carbons (Fsp3) is 0.350. The Labute approximate surface area is 161 Å². The number of benzene rings is 2. The van der Waals surface area contributed by atoms with Crippen molar-refractivity contribution >= 4 is 26.8 Å². The fourth-order valence-electron chi connectivity index (χ4n) is 3.33. The number of hydrogen-bond donors (Lipinski definition) is 0. The normalized spacial score (nSPS) is 15.5. The van der Waals surface area contributed by atoms with E-state index in [1.807, 2.05) is 12.1 Å². The number of morpholine rings is 1. The third-order valence-corrected chi connectivity index (χ3v) is 5.25. The summed E-state index contributed by atoms with van der Waals surface area (Å²) in [6, 6.07) is 14.6. The van der Waals surface area contributed by atoms with E-state index < -0.39 is 0 Å². The van der Waals surface area contributed by atoms with Crippen LogP contribution in [-0.2, 0) is 17.8 Å². The van der Waals surface area contributed by atoms with Gasteiger partial charge in [-0.3, -0.25) is 9.58 Å². The summed E-state index contributed by atoms with van der Waals surface area (Å²) in [5, 5.41) is 6.16. The smallest absolute Gasteiger partial charge is 0.118 e. The highest BCUT2D eigenvalue weighted by molar-refractivity contribution is 9.10. The highest BCUT2D eigenvalue weighted by Gasteiger charge is 2.16. The zero-order valence-corrected chi connectivity index (χ0v) is 16.4. The second-order valence-corrected chi connectivity index (χ2v) is 7.42. The standard InChI is InChI=1S/C20H22BrN3O2/c1-25-17-5-2-15(3-6-17)13-24-20-12-16(21)4-7-18(20)19(22-24)14-23-8-10-26-11-9-23/h2-7,12H,8-11,13-14H2,1H3. The topological polar surface area (TPSA) is 39.5 Å². The van der Waals surface area contributed by atoms with Gasteiger partial charge in [-0.05, 0) is 35.9 Å². The molecular weight excluding hydrogens is 394 g/mol. The molecule has 2 heterocycles. The minimum Gasteiger partial charge on any atom is -0.497 e. The van der Waals surface area contributed by atoms with Crippen molar-refractivity contribution in [3.05, 3.63) is 58.2 Å². The molecule has 1 aliphatic rings. The Bertz CT molecular complexity index is 886. The number of hydrogen-bond acceptors (Lipinski definition) is 4. The number of rotatable bonds is 5. The van der Waals surface area contributed by atoms with Gasteiger partial charge < -0.3 is 9.47 Å². The highest BCUT2D eigenvalue weighted by Crippen LogP contribution is 2.25. The molecule has 1 aromatic heterocycles. The van der Waals surface area contributed by atoms with Gasteiger partial charge in [-0.2, -0.15) is 5.10 Å². The molecule has 1 aliphatic heterocycles. The Balaban J connectivity index is 1.65. The van der Waals surface area contributed by atoms with Gasteiger partial charge in [0.2, 0.25) is 0 Å². The van der Waals surface area contributed by atoms with Gasteiger partial charge in [-0.25, -0.2) is 0 Å². The first-order valence-corrected chi connectivity index (χ1v) is 9.60. The van der Waals surface area contributed by atoms with Gasteiger partial charge >= 0.3 is 0 Å². The summed E-state index contributed by atoms with van der Waals surface area (Å²) in [5.41, 5.74) is 3.48. The number of fused-ring (bicyclic) bond motifs is 1. The molecule has 1 fully saturated rings. The monoisotopic (exact) mass is 415 g/mol. The molecule has 4 rings (SSSR count). The van der Waals surface area contributed by atoms with Crippen molar-refractivity contribution in [2.24, 2.45) is 0 Å². The lowest BCUT2D eigenvalue weighted by atomic mass is 10.2. The van der Waals surface area contributed by atoms with Crippen molar-refractivity contribution in [3.8, 4) is 5.75 Å². The van der Waals surface area contributed by atoms with Crippen LogP contribution in [0.3, 0.4) is 0 Å². The van der Waals surface area contributed by atoms with Crippen molar-refractivity contribution in [2.45, 2.75) is 13.1 Å². The molecule has 0 bridgehead atoms. The van der Waals surface area contributed by atoms with Crippen molar-refractivity contribution < 1.29 is 9.47 Å². The summed E-state index contributed by atoms with van der Waals surface area (Å²) < 4.78 is 13.9. The largest absolute Gasteiger partial charge is 0.497 e. The third kappa shape index (κ3) is 3.77. The maximum atomic E-state index is 5.46. The molecule has 5 nitrogen and oxygen atoms in total. The SMILES string of the molecule is COc1ccc(Cn2nc(CN3CCOCC3)c3ccc(Br)cc32)cc1. The second kappa shape index (κ2) is 7.78. The molecule has 0 radical (unpaired) electrons. The number of halogens is 1. The first-order chi connectivity index (χ1) is 12.7. The van der Waals surface area contributed by atoms with Crippen molar-refractivity contribution in [1.29, 1.82) is 0 Å². The summed E-state index contributed by atoms with van der Waals surface area (Å²) in [6.07, 6.45) is 0. The molecule has 0 saturated carbocycles. The van der Waals surface area contributed by atoms with E-state index in [-0.39, 0.29) is 0 Å². The van der Waals surface area contributed by atoms with Crippen LogP contribution in [0.4, 0.5) is 0 Å². The molecule has 3 aromatic rings. The molecule has 26 heavy (non-hydrogen) atoms. The molecule has 0 aliphatic carbocycles. The molecule has 0 unspecified atom stereocenters. The molecule has 6 heteroatoms. The quantitative estimate of drug-likeness (QED) is 0.636. The molecule has 2 aromatic carbocycles. The van der Waals surface area contributed by atoms with Crippen LogP contribution < -0.4 is 4.74 Å². The Kier molecular flexibility index (Phi) is 5.24. The zero-order valence-electron chi connectivity index (χ0n) is 14.8. The Hall–Kier alpha value is -1.89. The van der Waals surface area contributed by atoms with Crippen LogP contribution >= 0.6 is 15.9 Å². The minimum absolute atomic E-state index is 0.736. The molecule has 1 saturated heterocycles. The summed E-state index contributed by atoms with van der Waals surface area (Å²) in [6.45, 7) is 5.12. The van der Waals surface area contributed by atoms with Crippen molar-refractivity contribution in [1.82, 2.24) is 14.7 Å². The van der Waals surface area contributed by atoms with Crippen LogP contribution in [0.5, 0.6) is 5.75 Å². The van der Waals surface area contributed by atoms with Gasteiger partial charge in [-0.1, -0.05) is 28.1 Å². The van der Waals surface area contributed by atoms with Gasteiger partial charge in [0.25, 0.3) is 0 Å². The maximum absolute atomic E-state index is 5.46.